The third-order valence-electron chi connectivity index (χ3n) is 4.08. The zero-order chi connectivity index (χ0) is 12.8. The summed E-state index contributed by atoms with van der Waals surface area (Å²) in [6, 6.07) is 0. The number of amides is 1. The van der Waals surface area contributed by atoms with Crippen molar-refractivity contribution < 1.29 is 9.53 Å². The first-order valence-electron chi connectivity index (χ1n) is 7.34. The minimum atomic E-state index is 0.170. The molecule has 2 aliphatic heterocycles. The van der Waals surface area contributed by atoms with Crippen molar-refractivity contribution in [3.05, 3.63) is 0 Å². The maximum Gasteiger partial charge on any atom is 0.221 e. The maximum atomic E-state index is 11.7. The lowest BCUT2D eigenvalue weighted by Gasteiger charge is -2.29. The molecule has 4 heteroatoms. The number of hydrogen-bond acceptors (Lipinski definition) is 3. The molecule has 18 heavy (non-hydrogen) atoms. The van der Waals surface area contributed by atoms with Crippen LogP contribution in [-0.4, -0.2) is 49.7 Å². The minimum absolute atomic E-state index is 0.170. The summed E-state index contributed by atoms with van der Waals surface area (Å²) in [5.41, 5.74) is 0. The van der Waals surface area contributed by atoms with E-state index >= 15 is 0 Å². The SMILES string of the molecule is CC1CCN(CCC(=O)NCC2CCCO2)CC1. The zero-order valence-corrected chi connectivity index (χ0v) is 11.5. The van der Waals surface area contributed by atoms with E-state index in [1.807, 2.05) is 0 Å². The van der Waals surface area contributed by atoms with E-state index in [9.17, 15) is 4.79 Å². The Morgan fingerprint density at radius 2 is 2.11 bits per heavy atom. The molecule has 2 heterocycles. The predicted octanol–water partition coefficient (Wildman–Crippen LogP) is 1.40. The van der Waals surface area contributed by atoms with Crippen LogP contribution in [0.4, 0.5) is 0 Å². The van der Waals surface area contributed by atoms with Crippen molar-refractivity contribution in [2.24, 2.45) is 5.92 Å². The van der Waals surface area contributed by atoms with Crippen molar-refractivity contribution in [2.75, 3.05) is 32.8 Å². The quantitative estimate of drug-likeness (QED) is 0.806. The molecule has 0 aliphatic carbocycles. The van der Waals surface area contributed by atoms with Gasteiger partial charge in [0.2, 0.25) is 5.91 Å². The Hall–Kier alpha value is -0.610. The molecule has 2 fully saturated rings. The second kappa shape index (κ2) is 7.10. The molecular formula is C14H26N2O2. The lowest BCUT2D eigenvalue weighted by molar-refractivity contribution is -0.122. The van der Waals surface area contributed by atoms with Gasteiger partial charge in [-0.3, -0.25) is 4.79 Å². The third kappa shape index (κ3) is 4.58. The van der Waals surface area contributed by atoms with E-state index < -0.39 is 0 Å². The van der Waals surface area contributed by atoms with Crippen LogP contribution in [0.1, 0.15) is 39.0 Å². The van der Waals surface area contributed by atoms with Crippen LogP contribution in [0.5, 0.6) is 0 Å². The molecule has 104 valence electrons. The Labute approximate surface area is 110 Å². The lowest BCUT2D eigenvalue weighted by Crippen LogP contribution is -2.37. The van der Waals surface area contributed by atoms with Gasteiger partial charge in [-0.25, -0.2) is 0 Å². The Bertz CT molecular complexity index is 257. The largest absolute Gasteiger partial charge is 0.376 e. The molecule has 0 aromatic heterocycles. The van der Waals surface area contributed by atoms with Gasteiger partial charge in [-0.15, -0.1) is 0 Å². The summed E-state index contributed by atoms with van der Waals surface area (Å²) in [6.07, 6.45) is 5.65. The fourth-order valence-corrected chi connectivity index (χ4v) is 2.67. The van der Waals surface area contributed by atoms with E-state index in [1.54, 1.807) is 0 Å². The summed E-state index contributed by atoms with van der Waals surface area (Å²) in [5, 5.41) is 2.98. The highest BCUT2D eigenvalue weighted by Crippen LogP contribution is 2.15. The second-order valence-electron chi connectivity index (χ2n) is 5.71. The monoisotopic (exact) mass is 254 g/mol. The Morgan fingerprint density at radius 1 is 1.33 bits per heavy atom. The standard InChI is InChI=1S/C14H26N2O2/c1-12-4-7-16(8-5-12)9-6-14(17)15-11-13-3-2-10-18-13/h12-13H,2-11H2,1H3,(H,15,17). The molecule has 2 saturated heterocycles. The topological polar surface area (TPSA) is 41.6 Å². The number of rotatable bonds is 5. The molecule has 2 rings (SSSR count). The minimum Gasteiger partial charge on any atom is -0.376 e. The molecular weight excluding hydrogens is 228 g/mol. The average Bonchev–Trinajstić information content (AvgIpc) is 2.89. The second-order valence-corrected chi connectivity index (χ2v) is 5.71. The molecule has 4 nitrogen and oxygen atoms in total. The van der Waals surface area contributed by atoms with Crippen LogP contribution >= 0.6 is 0 Å². The van der Waals surface area contributed by atoms with Gasteiger partial charge in [0.25, 0.3) is 0 Å². The molecule has 1 unspecified atom stereocenters. The molecule has 0 saturated carbocycles. The molecule has 1 N–H and O–H groups in total. The Balaban J connectivity index is 1.54. The number of nitrogens with one attached hydrogen (secondary N) is 1. The van der Waals surface area contributed by atoms with Gasteiger partial charge in [-0.1, -0.05) is 6.92 Å². The van der Waals surface area contributed by atoms with Crippen molar-refractivity contribution >= 4 is 5.91 Å². The van der Waals surface area contributed by atoms with Gasteiger partial charge in [0, 0.05) is 26.1 Å². The molecule has 0 spiro atoms. The predicted molar refractivity (Wildman–Crippen MR) is 71.4 cm³/mol. The van der Waals surface area contributed by atoms with Gasteiger partial charge < -0.3 is 15.0 Å². The van der Waals surface area contributed by atoms with Crippen molar-refractivity contribution in [3.8, 4) is 0 Å². The summed E-state index contributed by atoms with van der Waals surface area (Å²) in [5.74, 6) is 1.03. The maximum absolute atomic E-state index is 11.7. The van der Waals surface area contributed by atoms with Crippen molar-refractivity contribution in [2.45, 2.75) is 45.1 Å². The van der Waals surface area contributed by atoms with Crippen LogP contribution in [-0.2, 0) is 9.53 Å². The molecule has 2 aliphatic rings. The Kier molecular flexibility index (Phi) is 5.45. The highest BCUT2D eigenvalue weighted by molar-refractivity contribution is 5.76. The molecule has 0 aromatic carbocycles. The van der Waals surface area contributed by atoms with Crippen LogP contribution in [0.2, 0.25) is 0 Å². The molecule has 0 radical (unpaired) electrons. The highest BCUT2D eigenvalue weighted by Gasteiger charge is 2.18. The number of ether oxygens (including phenoxy) is 1. The lowest BCUT2D eigenvalue weighted by atomic mass is 9.99. The first-order chi connectivity index (χ1) is 8.74. The number of carbonyl (C=O) groups excluding carboxylic acids is 1. The fourth-order valence-electron chi connectivity index (χ4n) is 2.67. The van der Waals surface area contributed by atoms with Crippen molar-refractivity contribution in [1.29, 1.82) is 0 Å². The number of nitrogens with zero attached hydrogens (tertiary/aromatic N) is 1. The van der Waals surface area contributed by atoms with Gasteiger partial charge in [0.05, 0.1) is 6.10 Å². The van der Waals surface area contributed by atoms with Gasteiger partial charge in [0.15, 0.2) is 0 Å². The number of piperidine rings is 1. The Morgan fingerprint density at radius 3 is 2.78 bits per heavy atom. The third-order valence-corrected chi connectivity index (χ3v) is 4.08. The van der Waals surface area contributed by atoms with Crippen LogP contribution < -0.4 is 5.32 Å². The van der Waals surface area contributed by atoms with E-state index in [2.05, 4.69) is 17.1 Å². The van der Waals surface area contributed by atoms with Crippen LogP contribution in [0.25, 0.3) is 0 Å². The van der Waals surface area contributed by atoms with E-state index in [4.69, 9.17) is 4.74 Å². The normalized spacial score (nSPS) is 26.4. The van der Waals surface area contributed by atoms with Gasteiger partial charge >= 0.3 is 0 Å². The zero-order valence-electron chi connectivity index (χ0n) is 11.5. The number of hydrogen-bond donors (Lipinski definition) is 1. The summed E-state index contributed by atoms with van der Waals surface area (Å²) >= 11 is 0. The van der Waals surface area contributed by atoms with Crippen LogP contribution in [0.3, 0.4) is 0 Å². The van der Waals surface area contributed by atoms with Crippen molar-refractivity contribution in [3.63, 3.8) is 0 Å². The molecule has 0 bridgehead atoms. The van der Waals surface area contributed by atoms with Crippen LogP contribution in [0, 0.1) is 5.92 Å². The van der Waals surface area contributed by atoms with E-state index in [-0.39, 0.29) is 12.0 Å². The van der Waals surface area contributed by atoms with E-state index in [1.165, 1.54) is 12.8 Å². The first-order valence-corrected chi connectivity index (χ1v) is 7.34. The highest BCUT2D eigenvalue weighted by atomic mass is 16.5. The summed E-state index contributed by atoms with van der Waals surface area (Å²) in [7, 11) is 0. The van der Waals surface area contributed by atoms with Crippen molar-refractivity contribution in [1.82, 2.24) is 10.2 Å². The van der Waals surface area contributed by atoms with Gasteiger partial charge in [-0.2, -0.15) is 0 Å². The molecule has 1 amide bonds. The summed E-state index contributed by atoms with van der Waals surface area (Å²) < 4.78 is 5.48. The number of carbonyl (C=O) groups is 1. The van der Waals surface area contributed by atoms with Gasteiger partial charge in [-0.05, 0) is 44.7 Å². The fraction of sp³-hybridized carbons (Fsp3) is 0.929. The van der Waals surface area contributed by atoms with Gasteiger partial charge in [0.1, 0.15) is 0 Å². The number of likely N-dealkylation sites (tertiary alicyclic amines) is 1. The molecule has 1 atom stereocenters. The van der Waals surface area contributed by atoms with E-state index in [0.717, 1.165) is 45.0 Å². The van der Waals surface area contributed by atoms with E-state index in [0.29, 0.717) is 13.0 Å². The molecule has 0 aromatic rings. The summed E-state index contributed by atoms with van der Waals surface area (Å²) in [6.45, 7) is 7.07. The smallest absolute Gasteiger partial charge is 0.221 e. The van der Waals surface area contributed by atoms with Crippen LogP contribution in [0.15, 0.2) is 0 Å². The first kappa shape index (κ1) is 13.8. The summed E-state index contributed by atoms with van der Waals surface area (Å²) in [4.78, 5) is 14.1. The average molecular weight is 254 g/mol.